The van der Waals surface area contributed by atoms with Crippen LogP contribution in [0.2, 0.25) is 0 Å². The first-order valence-corrected chi connectivity index (χ1v) is 11.8. The Labute approximate surface area is 182 Å². The van der Waals surface area contributed by atoms with Gasteiger partial charge in [0.05, 0.1) is 12.6 Å². The first-order valence-electron chi connectivity index (χ1n) is 11.0. The molecule has 1 aliphatic heterocycles. The number of thiophene rings is 1. The second-order valence-corrected chi connectivity index (χ2v) is 9.94. The van der Waals surface area contributed by atoms with Crippen LogP contribution in [0.1, 0.15) is 60.0 Å². The smallest absolute Gasteiger partial charge is 0.311 e. The van der Waals surface area contributed by atoms with E-state index >= 15 is 0 Å². The maximum atomic E-state index is 13.6. The number of urea groups is 1. The molecule has 3 aromatic rings. The highest BCUT2D eigenvalue weighted by atomic mass is 32.1. The predicted octanol–water partition coefficient (Wildman–Crippen LogP) is 6.47. The molecule has 2 amide bonds. The quantitative estimate of drug-likeness (QED) is 0.508. The minimum absolute atomic E-state index is 0.0145. The van der Waals surface area contributed by atoms with Gasteiger partial charge in [0.15, 0.2) is 0 Å². The summed E-state index contributed by atoms with van der Waals surface area (Å²) in [6.07, 6.45) is 7.01. The third-order valence-electron chi connectivity index (χ3n) is 6.50. The molecule has 2 aliphatic rings. The second kappa shape index (κ2) is 7.62. The highest BCUT2D eigenvalue weighted by Gasteiger charge is 2.36. The van der Waals surface area contributed by atoms with E-state index < -0.39 is 0 Å². The molecule has 2 aromatic heterocycles. The largest absolute Gasteiger partial charge is 0.322 e. The monoisotopic (exact) mass is 419 g/mol. The van der Waals surface area contributed by atoms with Crippen LogP contribution in [0.3, 0.4) is 0 Å². The normalized spacial score (nSPS) is 17.9. The molecule has 1 aromatic carbocycles. The lowest BCUT2D eigenvalue weighted by atomic mass is 9.94. The second-order valence-electron chi connectivity index (χ2n) is 8.86. The summed E-state index contributed by atoms with van der Waals surface area (Å²) in [7, 11) is 0. The summed E-state index contributed by atoms with van der Waals surface area (Å²) in [5, 5.41) is 4.52. The zero-order valence-corrected chi connectivity index (χ0v) is 18.8. The fraction of sp³-hybridized carbons (Fsp3) is 0.400. The number of hydrogen-bond donors (Lipinski definition) is 1. The van der Waals surface area contributed by atoms with Crippen molar-refractivity contribution in [3.05, 3.63) is 69.9 Å². The maximum absolute atomic E-state index is 13.6. The Kier molecular flexibility index (Phi) is 4.94. The van der Waals surface area contributed by atoms with Crippen LogP contribution >= 0.6 is 11.3 Å². The van der Waals surface area contributed by atoms with E-state index in [-0.39, 0.29) is 12.1 Å². The van der Waals surface area contributed by atoms with E-state index in [0.29, 0.717) is 12.5 Å². The van der Waals surface area contributed by atoms with E-state index in [0.717, 1.165) is 17.7 Å². The van der Waals surface area contributed by atoms with E-state index in [2.05, 4.69) is 47.0 Å². The maximum Gasteiger partial charge on any atom is 0.322 e. The molecule has 1 atom stereocenters. The lowest BCUT2D eigenvalue weighted by Crippen LogP contribution is -2.39. The number of amides is 2. The highest BCUT2D eigenvalue weighted by Crippen LogP contribution is 2.44. The summed E-state index contributed by atoms with van der Waals surface area (Å²) in [6, 6.07) is 12.3. The van der Waals surface area contributed by atoms with Crippen molar-refractivity contribution in [3.8, 4) is 5.00 Å². The fourth-order valence-corrected chi connectivity index (χ4v) is 6.43. The van der Waals surface area contributed by atoms with Gasteiger partial charge in [-0.3, -0.25) is 0 Å². The molecule has 0 bridgehead atoms. The van der Waals surface area contributed by atoms with Gasteiger partial charge in [0, 0.05) is 28.0 Å². The third kappa shape index (κ3) is 3.16. The minimum Gasteiger partial charge on any atom is -0.311 e. The van der Waals surface area contributed by atoms with Crippen LogP contribution in [0.25, 0.3) is 5.00 Å². The number of fused-ring (bicyclic) bond motifs is 5. The average molecular weight is 420 g/mol. The lowest BCUT2D eigenvalue weighted by molar-refractivity contribution is 0.161. The number of nitrogens with zero attached hydrogens (tertiary/aromatic N) is 2. The van der Waals surface area contributed by atoms with Crippen molar-refractivity contribution in [2.24, 2.45) is 5.92 Å². The van der Waals surface area contributed by atoms with Gasteiger partial charge in [-0.25, -0.2) is 4.79 Å². The fourth-order valence-electron chi connectivity index (χ4n) is 5.02. The number of carbonyl (C=O) groups excluding carboxylic acids is 1. The summed E-state index contributed by atoms with van der Waals surface area (Å²) in [5.41, 5.74) is 6.03. The zero-order chi connectivity index (χ0) is 20.8. The summed E-state index contributed by atoms with van der Waals surface area (Å²) in [5.74, 6) is 0.311. The van der Waals surface area contributed by atoms with Gasteiger partial charge in [-0.1, -0.05) is 32.0 Å². The predicted molar refractivity (Wildman–Crippen MR) is 124 cm³/mol. The number of aryl methyl sites for hydroxylation is 2. The first-order chi connectivity index (χ1) is 14.5. The van der Waals surface area contributed by atoms with E-state index in [1.165, 1.54) is 46.0 Å². The van der Waals surface area contributed by atoms with Crippen molar-refractivity contribution >= 4 is 23.1 Å². The van der Waals surface area contributed by atoms with Gasteiger partial charge in [-0.05, 0) is 67.9 Å². The van der Waals surface area contributed by atoms with Crippen molar-refractivity contribution < 1.29 is 4.79 Å². The number of carbonyl (C=O) groups is 1. The number of anilines is 1. The Morgan fingerprint density at radius 3 is 2.70 bits per heavy atom. The molecule has 5 rings (SSSR count). The molecule has 4 nitrogen and oxygen atoms in total. The van der Waals surface area contributed by atoms with Gasteiger partial charge in [0.2, 0.25) is 0 Å². The number of benzene rings is 1. The molecule has 1 N–H and O–H groups in total. The number of hydrogen-bond acceptors (Lipinski definition) is 2. The van der Waals surface area contributed by atoms with Gasteiger partial charge in [-0.15, -0.1) is 11.3 Å². The van der Waals surface area contributed by atoms with E-state index in [1.54, 1.807) is 0 Å². The van der Waals surface area contributed by atoms with Gasteiger partial charge in [0.25, 0.3) is 0 Å². The van der Waals surface area contributed by atoms with Crippen LogP contribution in [0.5, 0.6) is 0 Å². The molecule has 156 valence electrons. The SMILES string of the molecule is Cc1ccccc1NC(=O)N1Cc2c(sc3c2CCCC3)-n2cccc2C1C(C)C. The first kappa shape index (κ1) is 19.4. The van der Waals surface area contributed by atoms with Crippen molar-refractivity contribution in [1.29, 1.82) is 0 Å². The van der Waals surface area contributed by atoms with Gasteiger partial charge >= 0.3 is 6.03 Å². The van der Waals surface area contributed by atoms with E-state index in [1.807, 2.05) is 42.5 Å². The van der Waals surface area contributed by atoms with Gasteiger partial charge in [-0.2, -0.15) is 0 Å². The Morgan fingerprint density at radius 1 is 1.10 bits per heavy atom. The Hall–Kier alpha value is -2.53. The molecule has 0 radical (unpaired) electrons. The molecule has 5 heteroatoms. The summed E-state index contributed by atoms with van der Waals surface area (Å²) in [4.78, 5) is 17.2. The number of rotatable bonds is 2. The van der Waals surface area contributed by atoms with Crippen LogP contribution in [0, 0.1) is 12.8 Å². The van der Waals surface area contributed by atoms with Crippen molar-refractivity contribution in [3.63, 3.8) is 0 Å². The number of nitrogens with one attached hydrogen (secondary N) is 1. The van der Waals surface area contributed by atoms with Crippen molar-refractivity contribution in [1.82, 2.24) is 9.47 Å². The van der Waals surface area contributed by atoms with Crippen molar-refractivity contribution in [2.45, 2.75) is 59.0 Å². The van der Waals surface area contributed by atoms with E-state index in [9.17, 15) is 4.79 Å². The number of para-hydroxylation sites is 1. The molecule has 0 saturated heterocycles. The molecule has 1 unspecified atom stereocenters. The van der Waals surface area contributed by atoms with Crippen LogP contribution in [-0.2, 0) is 19.4 Å². The molecule has 30 heavy (non-hydrogen) atoms. The molecular formula is C25H29N3OS. The topological polar surface area (TPSA) is 37.3 Å². The zero-order valence-electron chi connectivity index (χ0n) is 17.9. The summed E-state index contributed by atoms with van der Waals surface area (Å²) in [6.45, 7) is 7.13. The third-order valence-corrected chi connectivity index (χ3v) is 7.84. The van der Waals surface area contributed by atoms with Crippen molar-refractivity contribution in [2.75, 3.05) is 5.32 Å². The van der Waals surface area contributed by atoms with Crippen LogP contribution in [0.4, 0.5) is 10.5 Å². The molecular weight excluding hydrogens is 390 g/mol. The Morgan fingerprint density at radius 2 is 1.90 bits per heavy atom. The lowest BCUT2D eigenvalue weighted by Gasteiger charge is -2.33. The van der Waals surface area contributed by atoms with E-state index in [4.69, 9.17) is 0 Å². The molecule has 3 heterocycles. The minimum atomic E-state index is -0.0145. The van der Waals surface area contributed by atoms with Crippen LogP contribution in [-0.4, -0.2) is 15.5 Å². The molecule has 0 saturated carbocycles. The van der Waals surface area contributed by atoms with Crippen LogP contribution in [0.15, 0.2) is 42.6 Å². The molecule has 1 aliphatic carbocycles. The molecule has 0 spiro atoms. The summed E-state index contributed by atoms with van der Waals surface area (Å²) < 4.78 is 2.35. The van der Waals surface area contributed by atoms with Gasteiger partial charge in [0.1, 0.15) is 5.00 Å². The standard InChI is InChI=1S/C25H29N3OS/c1-16(2)23-21-12-8-14-27(21)24-19(18-10-5-7-13-22(18)30-24)15-28(23)25(29)26-20-11-6-4-9-17(20)3/h4,6,8-9,11-12,14,16,23H,5,7,10,13,15H2,1-3H3,(H,26,29). The van der Waals surface area contributed by atoms with Gasteiger partial charge < -0.3 is 14.8 Å². The average Bonchev–Trinajstić information content (AvgIpc) is 3.31. The number of aromatic nitrogens is 1. The van der Waals surface area contributed by atoms with Crippen LogP contribution < -0.4 is 5.32 Å². The molecule has 0 fully saturated rings. The summed E-state index contributed by atoms with van der Waals surface area (Å²) >= 11 is 1.94. The Balaban J connectivity index is 1.61. The highest BCUT2D eigenvalue weighted by molar-refractivity contribution is 7.15. The Bertz CT molecular complexity index is 1090.